The van der Waals surface area contributed by atoms with Crippen LogP contribution in [0.15, 0.2) is 0 Å². The van der Waals surface area contributed by atoms with Crippen LogP contribution in [0.1, 0.15) is 44.9 Å². The van der Waals surface area contributed by atoms with Crippen LogP contribution < -0.4 is 0 Å². The van der Waals surface area contributed by atoms with Crippen molar-refractivity contribution in [2.75, 3.05) is 13.6 Å². The lowest BCUT2D eigenvalue weighted by molar-refractivity contribution is 0.0774. The molecule has 82 valence electrons. The summed E-state index contributed by atoms with van der Waals surface area (Å²) in [5.41, 5.74) is 0. The summed E-state index contributed by atoms with van der Waals surface area (Å²) in [4.78, 5) is 2.39. The zero-order chi connectivity index (χ0) is 9.97. The third kappa shape index (κ3) is 2.71. The van der Waals surface area contributed by atoms with Crippen LogP contribution in [0.3, 0.4) is 0 Å². The molecular weight excluding hydrogens is 174 g/mol. The van der Waals surface area contributed by atoms with E-state index < -0.39 is 0 Å². The first-order valence-electron chi connectivity index (χ1n) is 6.15. The van der Waals surface area contributed by atoms with Crippen molar-refractivity contribution in [1.82, 2.24) is 4.90 Å². The first-order valence-corrected chi connectivity index (χ1v) is 6.15. The van der Waals surface area contributed by atoms with Gasteiger partial charge in [0.25, 0.3) is 0 Å². The summed E-state index contributed by atoms with van der Waals surface area (Å²) >= 11 is 0. The lowest BCUT2D eigenvalue weighted by atomic mass is 9.94. The van der Waals surface area contributed by atoms with E-state index in [2.05, 4.69) is 11.9 Å². The van der Waals surface area contributed by atoms with Gasteiger partial charge in [0, 0.05) is 12.6 Å². The van der Waals surface area contributed by atoms with Crippen LogP contribution in [-0.2, 0) is 0 Å². The molecule has 14 heavy (non-hydrogen) atoms. The van der Waals surface area contributed by atoms with Crippen molar-refractivity contribution < 1.29 is 5.11 Å². The van der Waals surface area contributed by atoms with Gasteiger partial charge in [-0.3, -0.25) is 0 Å². The molecule has 2 saturated carbocycles. The van der Waals surface area contributed by atoms with Gasteiger partial charge in [0.15, 0.2) is 0 Å². The summed E-state index contributed by atoms with van der Waals surface area (Å²) in [5.74, 6) is 0.626. The molecule has 0 heterocycles. The summed E-state index contributed by atoms with van der Waals surface area (Å²) in [6.07, 6.45) is 9.31. The van der Waals surface area contributed by atoms with Gasteiger partial charge < -0.3 is 10.0 Å². The molecule has 0 aromatic carbocycles. The van der Waals surface area contributed by atoms with E-state index in [-0.39, 0.29) is 6.10 Å². The molecule has 0 unspecified atom stereocenters. The Kier molecular flexibility index (Phi) is 3.45. The Morgan fingerprint density at radius 2 is 1.79 bits per heavy atom. The highest BCUT2D eigenvalue weighted by atomic mass is 16.3. The summed E-state index contributed by atoms with van der Waals surface area (Å²) in [6, 6.07) is 0.747. The number of aliphatic hydroxyl groups excluding tert-OH is 1. The molecule has 0 aromatic heterocycles. The Hall–Kier alpha value is -0.0800. The van der Waals surface area contributed by atoms with Crippen molar-refractivity contribution in [3.05, 3.63) is 0 Å². The second-order valence-electron chi connectivity index (χ2n) is 5.14. The zero-order valence-corrected chi connectivity index (χ0v) is 9.28. The van der Waals surface area contributed by atoms with Gasteiger partial charge in [-0.1, -0.05) is 19.3 Å². The lowest BCUT2D eigenvalue weighted by Crippen LogP contribution is -2.39. The molecule has 1 atom stereocenters. The summed E-state index contributed by atoms with van der Waals surface area (Å²) in [5, 5.41) is 9.85. The Bertz CT molecular complexity index is 173. The van der Waals surface area contributed by atoms with Crippen molar-refractivity contribution in [3.8, 4) is 0 Å². The van der Waals surface area contributed by atoms with Crippen LogP contribution >= 0.6 is 0 Å². The van der Waals surface area contributed by atoms with E-state index in [0.717, 1.165) is 12.6 Å². The van der Waals surface area contributed by atoms with Crippen LogP contribution in [-0.4, -0.2) is 35.7 Å². The van der Waals surface area contributed by atoms with Crippen LogP contribution in [0.4, 0.5) is 0 Å². The van der Waals surface area contributed by atoms with E-state index in [1.165, 1.54) is 44.9 Å². The maximum Gasteiger partial charge on any atom is 0.0695 e. The minimum absolute atomic E-state index is 0.0538. The number of aliphatic hydroxyl groups is 1. The molecule has 0 aromatic rings. The molecule has 0 radical (unpaired) electrons. The van der Waals surface area contributed by atoms with Gasteiger partial charge in [-0.05, 0) is 38.6 Å². The van der Waals surface area contributed by atoms with Gasteiger partial charge in [-0.15, -0.1) is 0 Å². The number of rotatable bonds is 4. The fourth-order valence-electron chi connectivity index (χ4n) is 2.60. The topological polar surface area (TPSA) is 23.5 Å². The standard InChI is InChI=1S/C12H23NO/c1-13(9-12(14)10-7-8-10)11-5-3-2-4-6-11/h10-12,14H,2-9H2,1H3/t12-/m1/s1. The van der Waals surface area contributed by atoms with Crippen molar-refractivity contribution in [2.45, 2.75) is 57.1 Å². The predicted molar refractivity (Wildman–Crippen MR) is 58.2 cm³/mol. The SMILES string of the molecule is CN(C[C@@H](O)C1CC1)C1CCCCC1. The minimum Gasteiger partial charge on any atom is -0.392 e. The zero-order valence-electron chi connectivity index (χ0n) is 9.28. The molecule has 2 aliphatic rings. The number of hydrogen-bond donors (Lipinski definition) is 1. The molecule has 0 saturated heterocycles. The second kappa shape index (κ2) is 4.63. The molecule has 0 amide bonds. The molecule has 2 heteroatoms. The van der Waals surface area contributed by atoms with Gasteiger partial charge in [0.05, 0.1) is 6.10 Å². The Balaban J connectivity index is 1.72. The van der Waals surface area contributed by atoms with E-state index >= 15 is 0 Å². The molecule has 2 aliphatic carbocycles. The summed E-state index contributed by atoms with van der Waals surface area (Å²) in [7, 11) is 2.18. The van der Waals surface area contributed by atoms with Gasteiger partial charge >= 0.3 is 0 Å². The first-order chi connectivity index (χ1) is 6.77. The largest absolute Gasteiger partial charge is 0.392 e. The average molecular weight is 197 g/mol. The fourth-order valence-corrected chi connectivity index (χ4v) is 2.60. The van der Waals surface area contributed by atoms with Gasteiger partial charge in [-0.2, -0.15) is 0 Å². The monoisotopic (exact) mass is 197 g/mol. The third-order valence-electron chi connectivity index (χ3n) is 3.84. The summed E-state index contributed by atoms with van der Waals surface area (Å²) in [6.45, 7) is 0.898. The van der Waals surface area contributed by atoms with E-state index in [9.17, 15) is 5.11 Å². The van der Waals surface area contributed by atoms with Gasteiger partial charge in [0.1, 0.15) is 0 Å². The highest BCUT2D eigenvalue weighted by molar-refractivity contribution is 4.84. The smallest absolute Gasteiger partial charge is 0.0695 e. The first kappa shape index (κ1) is 10.4. The quantitative estimate of drug-likeness (QED) is 0.745. The Morgan fingerprint density at radius 1 is 1.14 bits per heavy atom. The van der Waals surface area contributed by atoms with E-state index in [1.807, 2.05) is 0 Å². The van der Waals surface area contributed by atoms with Gasteiger partial charge in [0.2, 0.25) is 0 Å². The normalized spacial score (nSPS) is 26.8. The molecule has 0 spiro atoms. The van der Waals surface area contributed by atoms with E-state index in [1.54, 1.807) is 0 Å². The summed E-state index contributed by atoms with van der Waals surface area (Å²) < 4.78 is 0. The number of likely N-dealkylation sites (N-methyl/N-ethyl adjacent to an activating group) is 1. The van der Waals surface area contributed by atoms with Crippen LogP contribution in [0.2, 0.25) is 0 Å². The average Bonchev–Trinajstić information content (AvgIpc) is 3.02. The predicted octanol–water partition coefficient (Wildman–Crippen LogP) is 2.02. The minimum atomic E-state index is -0.0538. The molecular formula is C12H23NO. The maximum absolute atomic E-state index is 9.85. The molecule has 2 rings (SSSR count). The van der Waals surface area contributed by atoms with Crippen LogP contribution in [0.25, 0.3) is 0 Å². The Morgan fingerprint density at radius 3 is 2.36 bits per heavy atom. The number of nitrogens with zero attached hydrogens (tertiary/aromatic N) is 1. The molecule has 1 N–H and O–H groups in total. The van der Waals surface area contributed by atoms with Crippen LogP contribution in [0, 0.1) is 5.92 Å². The maximum atomic E-state index is 9.85. The van der Waals surface area contributed by atoms with Crippen molar-refractivity contribution in [1.29, 1.82) is 0 Å². The van der Waals surface area contributed by atoms with E-state index in [0.29, 0.717) is 5.92 Å². The van der Waals surface area contributed by atoms with Crippen molar-refractivity contribution >= 4 is 0 Å². The van der Waals surface area contributed by atoms with E-state index in [4.69, 9.17) is 0 Å². The molecule has 2 fully saturated rings. The van der Waals surface area contributed by atoms with Crippen LogP contribution in [0.5, 0.6) is 0 Å². The van der Waals surface area contributed by atoms with Gasteiger partial charge in [-0.25, -0.2) is 0 Å². The lowest BCUT2D eigenvalue weighted by Gasteiger charge is -2.32. The molecule has 2 nitrogen and oxygen atoms in total. The van der Waals surface area contributed by atoms with Crippen molar-refractivity contribution in [3.63, 3.8) is 0 Å². The number of hydrogen-bond acceptors (Lipinski definition) is 2. The highest BCUT2D eigenvalue weighted by Crippen LogP contribution is 2.33. The van der Waals surface area contributed by atoms with Crippen molar-refractivity contribution in [2.24, 2.45) is 5.92 Å². The fraction of sp³-hybridized carbons (Fsp3) is 1.00. The molecule has 0 bridgehead atoms. The third-order valence-corrected chi connectivity index (χ3v) is 3.84. The highest BCUT2D eigenvalue weighted by Gasteiger charge is 2.31. The molecule has 0 aliphatic heterocycles. The Labute approximate surface area is 87.3 Å². The second-order valence-corrected chi connectivity index (χ2v) is 5.14.